The highest BCUT2D eigenvalue weighted by Gasteiger charge is 2.11. The Balaban J connectivity index is 0.00000288. The van der Waals surface area contributed by atoms with Crippen molar-refractivity contribution < 1.29 is 9.84 Å². The van der Waals surface area contributed by atoms with E-state index in [9.17, 15) is 5.11 Å². The van der Waals surface area contributed by atoms with Crippen LogP contribution >= 0.6 is 24.0 Å². The van der Waals surface area contributed by atoms with Gasteiger partial charge in [0, 0.05) is 26.1 Å². The molecule has 1 aliphatic rings. The van der Waals surface area contributed by atoms with Crippen LogP contribution < -0.4 is 10.6 Å². The maximum atomic E-state index is 9.59. The van der Waals surface area contributed by atoms with E-state index in [1.165, 1.54) is 5.57 Å². The number of rotatable bonds is 7. The van der Waals surface area contributed by atoms with Crippen molar-refractivity contribution in [2.75, 3.05) is 40.0 Å². The van der Waals surface area contributed by atoms with Crippen LogP contribution in [0.25, 0.3) is 0 Å². The maximum Gasteiger partial charge on any atom is 0.191 e. The SMILES string of the molecule is CN=C(NCCC1=CCOCC1)NCC(CO)c1ccccc1.I. The Kier molecular flexibility index (Phi) is 10.7. The van der Waals surface area contributed by atoms with Gasteiger partial charge in [-0.15, -0.1) is 24.0 Å². The highest BCUT2D eigenvalue weighted by atomic mass is 127. The quantitative estimate of drug-likeness (QED) is 0.261. The third-order valence-electron chi connectivity index (χ3n) is 4.03. The topological polar surface area (TPSA) is 65.9 Å². The van der Waals surface area contributed by atoms with Gasteiger partial charge in [0.25, 0.3) is 0 Å². The predicted octanol–water partition coefficient (Wildman–Crippen LogP) is 2.28. The molecule has 0 saturated heterocycles. The summed E-state index contributed by atoms with van der Waals surface area (Å²) >= 11 is 0. The van der Waals surface area contributed by atoms with Gasteiger partial charge in [-0.1, -0.05) is 42.0 Å². The van der Waals surface area contributed by atoms with Gasteiger partial charge in [0.05, 0.1) is 19.8 Å². The number of halogens is 1. The summed E-state index contributed by atoms with van der Waals surface area (Å²) in [6.45, 7) is 3.17. The first-order chi connectivity index (χ1) is 11.3. The predicted molar refractivity (Wildman–Crippen MR) is 109 cm³/mol. The second-order valence-corrected chi connectivity index (χ2v) is 5.61. The van der Waals surface area contributed by atoms with Crippen LogP contribution in [0.5, 0.6) is 0 Å². The molecule has 2 rings (SSSR count). The van der Waals surface area contributed by atoms with Crippen LogP contribution in [-0.2, 0) is 4.74 Å². The van der Waals surface area contributed by atoms with E-state index >= 15 is 0 Å². The number of hydrogen-bond acceptors (Lipinski definition) is 3. The highest BCUT2D eigenvalue weighted by Crippen LogP contribution is 2.13. The first kappa shape index (κ1) is 20.9. The van der Waals surface area contributed by atoms with Crippen molar-refractivity contribution in [2.45, 2.75) is 18.8 Å². The monoisotopic (exact) mass is 445 g/mol. The van der Waals surface area contributed by atoms with Gasteiger partial charge in [-0.3, -0.25) is 4.99 Å². The summed E-state index contributed by atoms with van der Waals surface area (Å²) in [6.07, 6.45) is 4.19. The second-order valence-electron chi connectivity index (χ2n) is 5.61. The standard InChI is InChI=1S/C18H27N3O2.HI/c1-19-18(20-10-7-15-8-11-23-12-9-15)21-13-17(14-22)16-5-3-2-4-6-16;/h2-6,8,17,22H,7,9-14H2,1H3,(H2,19,20,21);1H. The molecule has 1 unspecified atom stereocenters. The van der Waals surface area contributed by atoms with E-state index in [0.717, 1.165) is 44.1 Å². The molecule has 1 aromatic carbocycles. The first-order valence-corrected chi connectivity index (χ1v) is 8.19. The summed E-state index contributed by atoms with van der Waals surface area (Å²) < 4.78 is 5.31. The van der Waals surface area contributed by atoms with Crippen LogP contribution in [0, 0.1) is 0 Å². The lowest BCUT2D eigenvalue weighted by Gasteiger charge is -2.19. The van der Waals surface area contributed by atoms with Crippen molar-refractivity contribution in [1.82, 2.24) is 10.6 Å². The van der Waals surface area contributed by atoms with E-state index < -0.39 is 0 Å². The van der Waals surface area contributed by atoms with Gasteiger partial charge in [0.15, 0.2) is 5.96 Å². The number of aliphatic hydroxyl groups excluding tert-OH is 1. The number of ether oxygens (including phenoxy) is 1. The Bertz CT molecular complexity index is 520. The second kappa shape index (κ2) is 12.3. The lowest BCUT2D eigenvalue weighted by atomic mass is 10.0. The fourth-order valence-corrected chi connectivity index (χ4v) is 2.59. The summed E-state index contributed by atoms with van der Waals surface area (Å²) in [5.41, 5.74) is 2.57. The lowest BCUT2D eigenvalue weighted by Crippen LogP contribution is -2.40. The van der Waals surface area contributed by atoms with Gasteiger partial charge in [0.1, 0.15) is 0 Å². The van der Waals surface area contributed by atoms with Gasteiger partial charge >= 0.3 is 0 Å². The minimum absolute atomic E-state index is 0. The van der Waals surface area contributed by atoms with Gasteiger partial charge in [0.2, 0.25) is 0 Å². The van der Waals surface area contributed by atoms with E-state index in [1.54, 1.807) is 7.05 Å². The number of hydrogen-bond donors (Lipinski definition) is 3. The number of guanidine groups is 1. The summed E-state index contributed by atoms with van der Waals surface area (Å²) in [4.78, 5) is 4.24. The number of nitrogens with one attached hydrogen (secondary N) is 2. The largest absolute Gasteiger partial charge is 0.396 e. The van der Waals surface area contributed by atoms with Crippen molar-refractivity contribution >= 4 is 29.9 Å². The van der Waals surface area contributed by atoms with E-state index in [4.69, 9.17) is 4.74 Å². The highest BCUT2D eigenvalue weighted by molar-refractivity contribution is 14.0. The molecule has 0 spiro atoms. The lowest BCUT2D eigenvalue weighted by molar-refractivity contribution is 0.153. The Morgan fingerprint density at radius 2 is 2.08 bits per heavy atom. The zero-order valence-electron chi connectivity index (χ0n) is 14.2. The molecule has 0 fully saturated rings. The van der Waals surface area contributed by atoms with Crippen LogP contribution in [0.2, 0.25) is 0 Å². The molecule has 0 aromatic heterocycles. The first-order valence-electron chi connectivity index (χ1n) is 8.19. The molecule has 3 N–H and O–H groups in total. The third-order valence-corrected chi connectivity index (χ3v) is 4.03. The molecule has 6 heteroatoms. The van der Waals surface area contributed by atoms with Crippen molar-refractivity contribution in [3.63, 3.8) is 0 Å². The molecule has 0 radical (unpaired) electrons. The van der Waals surface area contributed by atoms with Crippen molar-refractivity contribution in [2.24, 2.45) is 4.99 Å². The molecule has 1 atom stereocenters. The summed E-state index contributed by atoms with van der Waals surface area (Å²) in [5, 5.41) is 16.2. The van der Waals surface area contributed by atoms with E-state index in [0.29, 0.717) is 6.54 Å². The Morgan fingerprint density at radius 3 is 2.71 bits per heavy atom. The van der Waals surface area contributed by atoms with Gasteiger partial charge in [-0.05, 0) is 18.4 Å². The van der Waals surface area contributed by atoms with E-state index in [-0.39, 0.29) is 36.5 Å². The Morgan fingerprint density at radius 1 is 1.29 bits per heavy atom. The Hall–Kier alpha value is -1.12. The van der Waals surface area contributed by atoms with Crippen LogP contribution in [0.3, 0.4) is 0 Å². The molecule has 0 amide bonds. The smallest absolute Gasteiger partial charge is 0.191 e. The molecule has 1 heterocycles. The van der Waals surface area contributed by atoms with Crippen LogP contribution in [0.4, 0.5) is 0 Å². The summed E-state index contributed by atoms with van der Waals surface area (Å²) in [5.74, 6) is 0.833. The normalized spacial score (nSPS) is 15.9. The van der Waals surface area contributed by atoms with Crippen LogP contribution in [-0.4, -0.2) is 51.0 Å². The maximum absolute atomic E-state index is 9.59. The van der Waals surface area contributed by atoms with Crippen molar-refractivity contribution in [3.05, 3.63) is 47.5 Å². The van der Waals surface area contributed by atoms with E-state index in [1.807, 2.05) is 30.3 Å². The minimum Gasteiger partial charge on any atom is -0.396 e. The molecule has 0 bridgehead atoms. The third kappa shape index (κ3) is 7.19. The molecule has 0 aliphatic carbocycles. The molecule has 134 valence electrons. The molecular weight excluding hydrogens is 417 g/mol. The number of benzene rings is 1. The summed E-state index contributed by atoms with van der Waals surface area (Å²) in [6, 6.07) is 10.0. The molecular formula is C18H28IN3O2. The van der Waals surface area contributed by atoms with Gasteiger partial charge in [-0.2, -0.15) is 0 Å². The molecule has 0 saturated carbocycles. The average Bonchev–Trinajstić information content (AvgIpc) is 2.62. The van der Waals surface area contributed by atoms with Crippen molar-refractivity contribution in [3.8, 4) is 0 Å². The molecule has 1 aromatic rings. The number of nitrogens with zero attached hydrogens (tertiary/aromatic N) is 1. The zero-order valence-corrected chi connectivity index (χ0v) is 16.5. The minimum atomic E-state index is 0. The average molecular weight is 445 g/mol. The molecule has 5 nitrogen and oxygen atoms in total. The van der Waals surface area contributed by atoms with Gasteiger partial charge in [-0.25, -0.2) is 0 Å². The fourth-order valence-electron chi connectivity index (χ4n) is 2.59. The molecule has 1 aliphatic heterocycles. The Labute approximate surface area is 161 Å². The summed E-state index contributed by atoms with van der Waals surface area (Å²) in [7, 11) is 1.76. The number of aliphatic imine (C=N–C) groups is 1. The van der Waals surface area contributed by atoms with Crippen LogP contribution in [0.15, 0.2) is 47.0 Å². The number of aliphatic hydroxyl groups is 1. The zero-order chi connectivity index (χ0) is 16.3. The van der Waals surface area contributed by atoms with Gasteiger partial charge < -0.3 is 20.5 Å². The van der Waals surface area contributed by atoms with E-state index in [2.05, 4.69) is 21.7 Å². The molecule has 24 heavy (non-hydrogen) atoms. The van der Waals surface area contributed by atoms with Crippen LogP contribution in [0.1, 0.15) is 24.3 Å². The fraction of sp³-hybridized carbons (Fsp3) is 0.500. The van der Waals surface area contributed by atoms with Crippen molar-refractivity contribution in [1.29, 1.82) is 0 Å².